The van der Waals surface area contributed by atoms with Gasteiger partial charge in [-0.2, -0.15) is 5.10 Å². The predicted octanol–water partition coefficient (Wildman–Crippen LogP) is 6.54. The molecule has 58 heavy (non-hydrogen) atoms. The van der Waals surface area contributed by atoms with Crippen LogP contribution in [0.3, 0.4) is 0 Å². The lowest BCUT2D eigenvalue weighted by Gasteiger charge is -2.22. The first-order chi connectivity index (χ1) is 28.3. The molecule has 0 saturated carbocycles. The number of aliphatic hydroxyl groups is 1. The second kappa shape index (κ2) is 18.3. The van der Waals surface area contributed by atoms with E-state index in [2.05, 4.69) is 10.3 Å². The molecule has 2 N–H and O–H groups in total. The van der Waals surface area contributed by atoms with E-state index in [1.54, 1.807) is 25.0 Å². The van der Waals surface area contributed by atoms with E-state index in [-0.39, 0.29) is 51.8 Å². The second-order valence-electron chi connectivity index (χ2n) is 13.6. The molecule has 0 saturated heterocycles. The number of likely N-dealkylation sites (N-methyl/N-ethyl adjacent to an activating group) is 1. The molecule has 0 atom stereocenters. The summed E-state index contributed by atoms with van der Waals surface area (Å²) in [5.41, 5.74) is 5.60. The lowest BCUT2D eigenvalue weighted by Crippen LogP contribution is -2.36. The SMILES string of the molecule is COc1ccc(COc2cncc3c2C(=O)c2c(NCCN(C)C(=O)OCc4ccccc4)ccc4c2c-3nn4CCN(CCO)C(=O)OCc2ccccc2)cc1. The molecule has 1 aliphatic carbocycles. The van der Waals surface area contributed by atoms with E-state index >= 15 is 0 Å². The summed E-state index contributed by atoms with van der Waals surface area (Å²) < 4.78 is 24.3. The van der Waals surface area contributed by atoms with Gasteiger partial charge in [0.1, 0.15) is 37.0 Å². The number of amides is 2. The summed E-state index contributed by atoms with van der Waals surface area (Å²) in [6.07, 6.45) is 2.10. The maximum absolute atomic E-state index is 14.7. The van der Waals surface area contributed by atoms with Gasteiger partial charge in [0.2, 0.25) is 0 Å². The van der Waals surface area contributed by atoms with Crippen LogP contribution in [-0.4, -0.2) is 94.6 Å². The van der Waals surface area contributed by atoms with Gasteiger partial charge in [0, 0.05) is 56.1 Å². The maximum Gasteiger partial charge on any atom is 0.410 e. The molecule has 2 amide bonds. The van der Waals surface area contributed by atoms with Crippen molar-refractivity contribution in [2.24, 2.45) is 0 Å². The highest BCUT2D eigenvalue weighted by atomic mass is 16.6. The number of carbonyl (C=O) groups is 3. The molecule has 2 aromatic heterocycles. The van der Waals surface area contributed by atoms with Crippen LogP contribution in [0.1, 0.15) is 32.6 Å². The van der Waals surface area contributed by atoms with Crippen molar-refractivity contribution in [3.8, 4) is 22.8 Å². The Balaban J connectivity index is 1.15. The number of nitrogens with zero attached hydrogens (tertiary/aromatic N) is 5. The zero-order chi connectivity index (χ0) is 40.4. The average molecular weight is 785 g/mol. The number of hydrogen-bond donors (Lipinski definition) is 2. The van der Waals surface area contributed by atoms with Crippen LogP contribution in [0.5, 0.6) is 11.5 Å². The van der Waals surface area contributed by atoms with Gasteiger partial charge in [0.05, 0.1) is 43.1 Å². The monoisotopic (exact) mass is 784 g/mol. The fraction of sp³-hybridized carbons (Fsp3) is 0.250. The normalized spacial score (nSPS) is 11.5. The van der Waals surface area contributed by atoms with Gasteiger partial charge in [0.25, 0.3) is 0 Å². The van der Waals surface area contributed by atoms with Gasteiger partial charge in [-0.3, -0.25) is 14.5 Å². The number of ketones is 1. The van der Waals surface area contributed by atoms with Crippen LogP contribution in [0, 0.1) is 0 Å². The Kier molecular flexibility index (Phi) is 12.4. The molecule has 0 radical (unpaired) electrons. The summed E-state index contributed by atoms with van der Waals surface area (Å²) in [4.78, 5) is 48.0. The smallest absolute Gasteiger partial charge is 0.410 e. The molecule has 0 fully saturated rings. The van der Waals surface area contributed by atoms with Gasteiger partial charge in [-0.05, 0) is 41.0 Å². The molecule has 1 aliphatic rings. The Morgan fingerprint density at radius 3 is 2.12 bits per heavy atom. The van der Waals surface area contributed by atoms with Gasteiger partial charge in [-0.1, -0.05) is 72.8 Å². The number of pyridine rings is 1. The van der Waals surface area contributed by atoms with E-state index in [9.17, 15) is 19.5 Å². The van der Waals surface area contributed by atoms with E-state index in [1.165, 1.54) is 16.0 Å². The van der Waals surface area contributed by atoms with E-state index in [1.807, 2.05) is 97.1 Å². The number of anilines is 1. The first-order valence-corrected chi connectivity index (χ1v) is 18.9. The molecule has 14 nitrogen and oxygen atoms in total. The Labute approximate surface area is 335 Å². The molecule has 4 aromatic carbocycles. The minimum absolute atomic E-state index is 0.0629. The van der Waals surface area contributed by atoms with Crippen LogP contribution in [0.25, 0.3) is 22.2 Å². The third-order valence-electron chi connectivity index (χ3n) is 9.79. The van der Waals surface area contributed by atoms with E-state index in [0.29, 0.717) is 63.6 Å². The number of aliphatic hydroxyl groups excluding tert-OH is 1. The summed E-state index contributed by atoms with van der Waals surface area (Å²) in [7, 11) is 3.26. The van der Waals surface area contributed by atoms with Crippen molar-refractivity contribution in [3.05, 3.63) is 137 Å². The number of fused-ring (bicyclic) bond motifs is 2. The van der Waals surface area contributed by atoms with Crippen molar-refractivity contribution in [1.82, 2.24) is 24.6 Å². The van der Waals surface area contributed by atoms with Crippen molar-refractivity contribution in [1.29, 1.82) is 0 Å². The number of carbonyl (C=O) groups excluding carboxylic acids is 3. The van der Waals surface area contributed by atoms with Gasteiger partial charge < -0.3 is 39.2 Å². The summed E-state index contributed by atoms with van der Waals surface area (Å²) in [5.74, 6) is 0.745. The number of rotatable bonds is 17. The maximum atomic E-state index is 14.7. The van der Waals surface area contributed by atoms with Crippen molar-refractivity contribution in [2.75, 3.05) is 52.3 Å². The van der Waals surface area contributed by atoms with Crippen LogP contribution in [0.2, 0.25) is 0 Å². The molecule has 14 heteroatoms. The fourth-order valence-corrected chi connectivity index (χ4v) is 6.71. The molecular weight excluding hydrogens is 741 g/mol. The largest absolute Gasteiger partial charge is 0.497 e. The van der Waals surface area contributed by atoms with Crippen LogP contribution < -0.4 is 14.8 Å². The number of methoxy groups -OCH3 is 1. The minimum atomic E-state index is -0.566. The number of nitrogens with one attached hydrogen (secondary N) is 1. The van der Waals surface area contributed by atoms with Crippen molar-refractivity contribution in [2.45, 2.75) is 26.4 Å². The Morgan fingerprint density at radius 1 is 0.776 bits per heavy atom. The fourth-order valence-electron chi connectivity index (χ4n) is 6.71. The Hall–Kier alpha value is -6.93. The lowest BCUT2D eigenvalue weighted by atomic mass is 9.87. The number of ether oxygens (including phenoxy) is 4. The molecule has 6 aromatic rings. The van der Waals surface area contributed by atoms with E-state index in [0.717, 1.165) is 16.7 Å². The molecule has 2 heterocycles. The molecule has 298 valence electrons. The van der Waals surface area contributed by atoms with Crippen LogP contribution >= 0.6 is 0 Å². The van der Waals surface area contributed by atoms with Gasteiger partial charge in [-0.15, -0.1) is 0 Å². The van der Waals surface area contributed by atoms with Crippen LogP contribution in [0.4, 0.5) is 15.3 Å². The lowest BCUT2D eigenvalue weighted by molar-refractivity contribution is 0.0869. The van der Waals surface area contributed by atoms with Crippen molar-refractivity contribution >= 4 is 34.6 Å². The zero-order valence-electron chi connectivity index (χ0n) is 32.3. The summed E-state index contributed by atoms with van der Waals surface area (Å²) in [5, 5.41) is 18.8. The summed E-state index contributed by atoms with van der Waals surface area (Å²) in [6.45, 7) is 1.27. The zero-order valence-corrected chi connectivity index (χ0v) is 32.3. The molecule has 0 unspecified atom stereocenters. The standard InChI is InChI=1S/C44H44N6O8/c1-48(43(53)57-28-30-9-5-3-6-10-30)20-19-46-35-17-18-36-40-39(35)42(52)38-34(25-45-26-37(38)56-27-32-13-15-33(55-2)16-14-32)41(40)47-50(36)22-21-49(23-24-51)44(54)58-29-31-11-7-4-8-12-31/h3-18,25-26,46,51H,19-24,27-29H2,1-2H3. The van der Waals surface area contributed by atoms with Gasteiger partial charge >= 0.3 is 12.2 Å². The quantitative estimate of drug-likeness (QED) is 0.103. The van der Waals surface area contributed by atoms with Crippen molar-refractivity contribution < 1.29 is 38.4 Å². The Bertz CT molecular complexity index is 2370. The molecule has 0 spiro atoms. The predicted molar refractivity (Wildman–Crippen MR) is 217 cm³/mol. The average Bonchev–Trinajstić information content (AvgIpc) is 3.64. The summed E-state index contributed by atoms with van der Waals surface area (Å²) >= 11 is 0. The third kappa shape index (κ3) is 8.87. The van der Waals surface area contributed by atoms with Gasteiger partial charge in [-0.25, -0.2) is 9.59 Å². The highest BCUT2D eigenvalue weighted by Crippen LogP contribution is 2.44. The van der Waals surface area contributed by atoms with Crippen LogP contribution in [0.15, 0.2) is 109 Å². The number of aromatic nitrogens is 3. The second-order valence-corrected chi connectivity index (χ2v) is 13.6. The highest BCUT2D eigenvalue weighted by Gasteiger charge is 2.34. The topological polar surface area (TPSA) is 158 Å². The highest BCUT2D eigenvalue weighted by molar-refractivity contribution is 6.28. The number of benzene rings is 4. The van der Waals surface area contributed by atoms with E-state index < -0.39 is 12.2 Å². The van der Waals surface area contributed by atoms with E-state index in [4.69, 9.17) is 24.0 Å². The molecule has 0 aliphatic heterocycles. The molecular formula is C44H44N6O8. The molecule has 0 bridgehead atoms. The Morgan fingerprint density at radius 2 is 1.45 bits per heavy atom. The van der Waals surface area contributed by atoms with Crippen molar-refractivity contribution in [3.63, 3.8) is 0 Å². The third-order valence-corrected chi connectivity index (χ3v) is 9.79. The van der Waals surface area contributed by atoms with Gasteiger partial charge in [0.15, 0.2) is 5.78 Å². The summed E-state index contributed by atoms with van der Waals surface area (Å²) in [6, 6.07) is 29.9. The minimum Gasteiger partial charge on any atom is -0.497 e. The first-order valence-electron chi connectivity index (χ1n) is 18.9. The molecule has 7 rings (SSSR count). The van der Waals surface area contributed by atoms with Crippen LogP contribution in [-0.2, 0) is 35.8 Å². The first kappa shape index (κ1) is 39.3. The number of hydrogen-bond acceptors (Lipinski definition) is 11.